The molecule has 20 heavy (non-hydrogen) atoms. The number of carbonyl (C=O) groups is 2. The minimum absolute atomic E-state index is 0.0702. The van der Waals surface area contributed by atoms with Gasteiger partial charge in [-0.2, -0.15) is 0 Å². The summed E-state index contributed by atoms with van der Waals surface area (Å²) in [7, 11) is 0. The number of carboxylic acid groups (broad SMARTS) is 1. The third kappa shape index (κ3) is 2.09. The molecule has 3 rings (SSSR count). The Morgan fingerprint density at radius 3 is 2.40 bits per heavy atom. The maximum Gasteiger partial charge on any atom is 0.336 e. The summed E-state index contributed by atoms with van der Waals surface area (Å²) in [4.78, 5) is 23.5. The largest absolute Gasteiger partial charge is 0.478 e. The summed E-state index contributed by atoms with van der Waals surface area (Å²) >= 11 is 0. The standard InChI is InChI=1S/C16H19NO3/c1-9-10-6-7-11(8-10)14(9)17-15(18)12-4-2-3-5-13(12)16(19)20/h2-5,9-11,14H,6-8H2,1H3,(H,17,18)(H,19,20). The van der Waals surface area contributed by atoms with Gasteiger partial charge in [0.05, 0.1) is 11.1 Å². The second-order valence-electron chi connectivity index (χ2n) is 6.04. The SMILES string of the molecule is CC1C2CCC(C2)C1NC(=O)c1ccccc1C(=O)O. The molecule has 1 aromatic rings. The molecule has 2 bridgehead atoms. The zero-order valence-corrected chi connectivity index (χ0v) is 11.5. The first kappa shape index (κ1) is 13.2. The smallest absolute Gasteiger partial charge is 0.336 e. The lowest BCUT2D eigenvalue weighted by molar-refractivity contribution is 0.0689. The van der Waals surface area contributed by atoms with Crippen LogP contribution in [0.1, 0.15) is 46.9 Å². The second kappa shape index (κ2) is 4.93. The Labute approximate surface area is 118 Å². The Balaban J connectivity index is 1.79. The number of rotatable bonds is 3. The molecule has 0 aromatic heterocycles. The number of carbonyl (C=O) groups excluding carboxylic acids is 1. The third-order valence-electron chi connectivity index (χ3n) is 5.03. The Morgan fingerprint density at radius 1 is 1.15 bits per heavy atom. The number of amides is 1. The molecule has 4 nitrogen and oxygen atoms in total. The van der Waals surface area contributed by atoms with Crippen LogP contribution in [0.25, 0.3) is 0 Å². The summed E-state index contributed by atoms with van der Waals surface area (Å²) < 4.78 is 0. The second-order valence-corrected chi connectivity index (χ2v) is 6.04. The predicted octanol–water partition coefficient (Wildman–Crippen LogP) is 2.55. The topological polar surface area (TPSA) is 66.4 Å². The first-order chi connectivity index (χ1) is 9.58. The zero-order chi connectivity index (χ0) is 14.3. The predicted molar refractivity (Wildman–Crippen MR) is 74.7 cm³/mol. The van der Waals surface area contributed by atoms with E-state index in [1.807, 2.05) is 0 Å². The highest BCUT2D eigenvalue weighted by molar-refractivity contribution is 6.04. The molecule has 0 heterocycles. The molecule has 4 heteroatoms. The van der Waals surface area contributed by atoms with E-state index in [4.69, 9.17) is 5.11 Å². The van der Waals surface area contributed by atoms with Crippen LogP contribution in [-0.4, -0.2) is 23.0 Å². The molecular formula is C16H19NO3. The number of benzene rings is 1. The minimum atomic E-state index is -1.06. The molecule has 4 unspecified atom stereocenters. The lowest BCUT2D eigenvalue weighted by atomic mass is 9.85. The zero-order valence-electron chi connectivity index (χ0n) is 11.5. The van der Waals surface area contributed by atoms with E-state index in [0.29, 0.717) is 11.8 Å². The van der Waals surface area contributed by atoms with Gasteiger partial charge in [-0.15, -0.1) is 0 Å². The van der Waals surface area contributed by atoms with Crippen LogP contribution < -0.4 is 5.32 Å². The van der Waals surface area contributed by atoms with Crippen LogP contribution in [0.2, 0.25) is 0 Å². The van der Waals surface area contributed by atoms with Gasteiger partial charge in [-0.05, 0) is 49.1 Å². The molecule has 0 aliphatic heterocycles. The lowest BCUT2D eigenvalue weighted by Crippen LogP contribution is -2.43. The fourth-order valence-corrected chi connectivity index (χ4v) is 3.92. The van der Waals surface area contributed by atoms with E-state index in [-0.39, 0.29) is 23.1 Å². The molecule has 2 fully saturated rings. The third-order valence-corrected chi connectivity index (χ3v) is 5.03. The molecule has 1 aromatic carbocycles. The van der Waals surface area contributed by atoms with Crippen LogP contribution in [0.5, 0.6) is 0 Å². The van der Waals surface area contributed by atoms with Crippen molar-refractivity contribution >= 4 is 11.9 Å². The summed E-state index contributed by atoms with van der Waals surface area (Å²) in [5, 5.41) is 12.2. The molecule has 4 atom stereocenters. The van der Waals surface area contributed by atoms with E-state index in [9.17, 15) is 9.59 Å². The summed E-state index contributed by atoms with van der Waals surface area (Å²) in [6.07, 6.45) is 3.65. The quantitative estimate of drug-likeness (QED) is 0.889. The van der Waals surface area contributed by atoms with E-state index in [1.165, 1.54) is 25.3 Å². The van der Waals surface area contributed by atoms with E-state index in [0.717, 1.165) is 5.92 Å². The number of aromatic carboxylic acids is 1. The molecule has 0 spiro atoms. The average Bonchev–Trinajstić information content (AvgIpc) is 3.02. The highest BCUT2D eigenvalue weighted by Crippen LogP contribution is 2.48. The van der Waals surface area contributed by atoms with Crippen molar-refractivity contribution in [3.05, 3.63) is 35.4 Å². The van der Waals surface area contributed by atoms with E-state index in [1.54, 1.807) is 18.2 Å². The Kier molecular flexibility index (Phi) is 3.24. The van der Waals surface area contributed by atoms with Crippen molar-refractivity contribution in [1.29, 1.82) is 0 Å². The van der Waals surface area contributed by atoms with Gasteiger partial charge in [0.1, 0.15) is 0 Å². The summed E-state index contributed by atoms with van der Waals surface area (Å²) in [6.45, 7) is 2.19. The van der Waals surface area contributed by atoms with Gasteiger partial charge in [-0.3, -0.25) is 4.79 Å². The van der Waals surface area contributed by atoms with Crippen molar-refractivity contribution < 1.29 is 14.7 Å². The highest BCUT2D eigenvalue weighted by atomic mass is 16.4. The number of carboxylic acids is 1. The van der Waals surface area contributed by atoms with Crippen molar-refractivity contribution in [2.75, 3.05) is 0 Å². The van der Waals surface area contributed by atoms with Gasteiger partial charge in [0, 0.05) is 6.04 Å². The van der Waals surface area contributed by atoms with Gasteiger partial charge in [0.15, 0.2) is 0 Å². The van der Waals surface area contributed by atoms with Gasteiger partial charge in [-0.1, -0.05) is 19.1 Å². The van der Waals surface area contributed by atoms with Crippen molar-refractivity contribution in [1.82, 2.24) is 5.32 Å². The van der Waals surface area contributed by atoms with Gasteiger partial charge >= 0.3 is 5.97 Å². The van der Waals surface area contributed by atoms with Gasteiger partial charge < -0.3 is 10.4 Å². The van der Waals surface area contributed by atoms with Crippen LogP contribution in [0.15, 0.2) is 24.3 Å². The van der Waals surface area contributed by atoms with Crippen molar-refractivity contribution in [3.8, 4) is 0 Å². The van der Waals surface area contributed by atoms with Gasteiger partial charge in [0.25, 0.3) is 5.91 Å². The van der Waals surface area contributed by atoms with Crippen LogP contribution in [0.3, 0.4) is 0 Å². The summed E-state index contributed by atoms with van der Waals surface area (Å²) in [5.41, 5.74) is 0.329. The normalized spacial score (nSPS) is 31.2. The van der Waals surface area contributed by atoms with E-state index in [2.05, 4.69) is 12.2 Å². The fourth-order valence-electron chi connectivity index (χ4n) is 3.92. The van der Waals surface area contributed by atoms with Crippen LogP contribution in [0.4, 0.5) is 0 Å². The molecule has 2 N–H and O–H groups in total. The van der Waals surface area contributed by atoms with Crippen LogP contribution in [0, 0.1) is 17.8 Å². The molecule has 1 amide bonds. The Morgan fingerprint density at radius 2 is 1.80 bits per heavy atom. The molecule has 0 radical (unpaired) electrons. The van der Waals surface area contributed by atoms with Crippen LogP contribution in [-0.2, 0) is 0 Å². The minimum Gasteiger partial charge on any atom is -0.478 e. The maximum absolute atomic E-state index is 12.4. The first-order valence-corrected chi connectivity index (χ1v) is 7.21. The number of hydrogen-bond acceptors (Lipinski definition) is 2. The molecule has 0 saturated heterocycles. The Bertz CT molecular complexity index is 552. The summed E-state index contributed by atoms with van der Waals surface area (Å²) in [6, 6.07) is 6.59. The van der Waals surface area contributed by atoms with Crippen molar-refractivity contribution in [2.45, 2.75) is 32.2 Å². The fraction of sp³-hybridized carbons (Fsp3) is 0.500. The Hall–Kier alpha value is -1.84. The number of hydrogen-bond donors (Lipinski definition) is 2. The van der Waals surface area contributed by atoms with Crippen LogP contribution >= 0.6 is 0 Å². The van der Waals surface area contributed by atoms with Gasteiger partial charge in [0.2, 0.25) is 0 Å². The molecular weight excluding hydrogens is 254 g/mol. The highest BCUT2D eigenvalue weighted by Gasteiger charge is 2.45. The molecule has 2 aliphatic rings. The average molecular weight is 273 g/mol. The van der Waals surface area contributed by atoms with E-state index < -0.39 is 5.97 Å². The van der Waals surface area contributed by atoms with Crippen molar-refractivity contribution in [3.63, 3.8) is 0 Å². The monoisotopic (exact) mass is 273 g/mol. The van der Waals surface area contributed by atoms with Crippen molar-refractivity contribution in [2.24, 2.45) is 17.8 Å². The molecule has 106 valence electrons. The molecule has 2 saturated carbocycles. The van der Waals surface area contributed by atoms with E-state index >= 15 is 0 Å². The molecule has 2 aliphatic carbocycles. The summed E-state index contributed by atoms with van der Waals surface area (Å²) in [5.74, 6) is 0.467. The maximum atomic E-state index is 12.4. The number of nitrogens with one attached hydrogen (secondary N) is 1. The van der Waals surface area contributed by atoms with Gasteiger partial charge in [-0.25, -0.2) is 4.79 Å². The lowest BCUT2D eigenvalue weighted by Gasteiger charge is -2.29. The first-order valence-electron chi connectivity index (χ1n) is 7.21. The number of fused-ring (bicyclic) bond motifs is 2.